The fourth-order valence-electron chi connectivity index (χ4n) is 2.30. The van der Waals surface area contributed by atoms with E-state index < -0.39 is 11.5 Å². The molecular weight excluding hydrogens is 234 g/mol. The second-order valence-corrected chi connectivity index (χ2v) is 4.39. The molecule has 96 valence electrons. The lowest BCUT2D eigenvalue weighted by Crippen LogP contribution is -2.57. The van der Waals surface area contributed by atoms with Gasteiger partial charge in [-0.25, -0.2) is 4.79 Å². The van der Waals surface area contributed by atoms with E-state index in [1.54, 1.807) is 12.1 Å². The molecule has 1 unspecified atom stereocenters. The number of carbonyl (C=O) groups is 2. The molecule has 2 rings (SSSR count). The molecule has 0 radical (unpaired) electrons. The molecule has 5 heteroatoms. The van der Waals surface area contributed by atoms with Gasteiger partial charge in [-0.3, -0.25) is 4.79 Å². The van der Waals surface area contributed by atoms with Crippen LogP contribution in [0.2, 0.25) is 0 Å². The molecule has 18 heavy (non-hydrogen) atoms. The SMILES string of the molecule is CC(=O)N(C)C1(C(=O)O)COCc2ccccc21. The van der Waals surface area contributed by atoms with Crippen molar-refractivity contribution in [3.8, 4) is 0 Å². The summed E-state index contributed by atoms with van der Waals surface area (Å²) in [6.45, 7) is 1.69. The van der Waals surface area contributed by atoms with Gasteiger partial charge in [0.25, 0.3) is 0 Å². The van der Waals surface area contributed by atoms with Crippen LogP contribution in [-0.2, 0) is 26.5 Å². The third-order valence-electron chi connectivity index (χ3n) is 3.43. The van der Waals surface area contributed by atoms with Gasteiger partial charge in [-0.05, 0) is 11.1 Å². The number of benzene rings is 1. The Balaban J connectivity index is 2.63. The number of likely N-dealkylation sites (N-methyl/N-ethyl adjacent to an activating group) is 1. The quantitative estimate of drug-likeness (QED) is 0.848. The zero-order valence-corrected chi connectivity index (χ0v) is 10.3. The van der Waals surface area contributed by atoms with E-state index in [1.165, 1.54) is 18.9 Å². The molecule has 1 aromatic rings. The number of ether oxygens (including phenoxy) is 1. The summed E-state index contributed by atoms with van der Waals surface area (Å²) in [4.78, 5) is 24.5. The van der Waals surface area contributed by atoms with Gasteiger partial charge in [-0.15, -0.1) is 0 Å². The highest BCUT2D eigenvalue weighted by Crippen LogP contribution is 2.35. The first-order chi connectivity index (χ1) is 8.50. The Bertz CT molecular complexity index is 500. The van der Waals surface area contributed by atoms with Crippen LogP contribution in [0.1, 0.15) is 18.1 Å². The van der Waals surface area contributed by atoms with E-state index in [1.807, 2.05) is 12.1 Å². The van der Waals surface area contributed by atoms with Crippen molar-refractivity contribution in [2.45, 2.75) is 19.1 Å². The molecule has 1 heterocycles. The lowest BCUT2D eigenvalue weighted by atomic mass is 9.84. The molecule has 0 aliphatic carbocycles. The smallest absolute Gasteiger partial charge is 0.336 e. The average Bonchev–Trinajstić information content (AvgIpc) is 2.36. The fourth-order valence-corrected chi connectivity index (χ4v) is 2.30. The second-order valence-electron chi connectivity index (χ2n) is 4.39. The van der Waals surface area contributed by atoms with Crippen molar-refractivity contribution in [2.75, 3.05) is 13.7 Å². The van der Waals surface area contributed by atoms with Crippen molar-refractivity contribution in [1.82, 2.24) is 4.90 Å². The summed E-state index contributed by atoms with van der Waals surface area (Å²) >= 11 is 0. The van der Waals surface area contributed by atoms with Crippen molar-refractivity contribution in [3.63, 3.8) is 0 Å². The number of hydrogen-bond donors (Lipinski definition) is 1. The molecule has 0 spiro atoms. The van der Waals surface area contributed by atoms with Gasteiger partial charge in [0.15, 0.2) is 5.54 Å². The van der Waals surface area contributed by atoms with E-state index in [0.717, 1.165) is 5.56 Å². The summed E-state index contributed by atoms with van der Waals surface area (Å²) in [6, 6.07) is 7.16. The number of fused-ring (bicyclic) bond motifs is 1. The van der Waals surface area contributed by atoms with Crippen molar-refractivity contribution in [3.05, 3.63) is 35.4 Å². The molecule has 1 aliphatic rings. The number of rotatable bonds is 2. The van der Waals surface area contributed by atoms with Gasteiger partial charge in [-0.1, -0.05) is 24.3 Å². The molecule has 1 amide bonds. The molecule has 0 aromatic heterocycles. The van der Waals surface area contributed by atoms with E-state index in [9.17, 15) is 14.7 Å². The standard InChI is InChI=1S/C13H15NO4/c1-9(15)14(2)13(12(16)17)8-18-7-10-5-3-4-6-11(10)13/h3-6H,7-8H2,1-2H3,(H,16,17). The Hall–Kier alpha value is -1.88. The Kier molecular flexibility index (Phi) is 3.09. The summed E-state index contributed by atoms with van der Waals surface area (Å²) in [7, 11) is 1.49. The van der Waals surface area contributed by atoms with Gasteiger partial charge in [0, 0.05) is 14.0 Å². The van der Waals surface area contributed by atoms with Gasteiger partial charge in [0.05, 0.1) is 13.2 Å². The van der Waals surface area contributed by atoms with E-state index in [2.05, 4.69) is 0 Å². The van der Waals surface area contributed by atoms with Crippen molar-refractivity contribution in [2.24, 2.45) is 0 Å². The normalized spacial score (nSPS) is 22.1. The lowest BCUT2D eigenvalue weighted by Gasteiger charge is -2.41. The summed E-state index contributed by atoms with van der Waals surface area (Å²) < 4.78 is 5.37. The molecule has 1 N–H and O–H groups in total. The molecule has 1 aromatic carbocycles. The number of carbonyl (C=O) groups excluding carboxylic acids is 1. The van der Waals surface area contributed by atoms with Crippen LogP contribution in [-0.4, -0.2) is 35.5 Å². The zero-order valence-electron chi connectivity index (χ0n) is 10.3. The van der Waals surface area contributed by atoms with Crippen LogP contribution in [0.5, 0.6) is 0 Å². The van der Waals surface area contributed by atoms with Crippen LogP contribution in [0.4, 0.5) is 0 Å². The Labute approximate surface area is 105 Å². The Morgan fingerprint density at radius 1 is 1.39 bits per heavy atom. The number of nitrogens with zero attached hydrogens (tertiary/aromatic N) is 1. The van der Waals surface area contributed by atoms with Crippen LogP contribution in [0, 0.1) is 0 Å². The highest BCUT2D eigenvalue weighted by Gasteiger charge is 2.49. The van der Waals surface area contributed by atoms with E-state index in [-0.39, 0.29) is 12.5 Å². The van der Waals surface area contributed by atoms with E-state index in [0.29, 0.717) is 12.2 Å². The first-order valence-electron chi connectivity index (χ1n) is 5.64. The summed E-state index contributed by atoms with van der Waals surface area (Å²) in [6.07, 6.45) is 0. The zero-order chi connectivity index (χ0) is 13.3. The maximum absolute atomic E-state index is 11.7. The maximum Gasteiger partial charge on any atom is 0.336 e. The number of hydrogen-bond acceptors (Lipinski definition) is 3. The average molecular weight is 249 g/mol. The number of carboxylic acid groups (broad SMARTS) is 1. The molecule has 0 bridgehead atoms. The summed E-state index contributed by atoms with van der Waals surface area (Å²) in [5, 5.41) is 9.58. The second kappa shape index (κ2) is 4.42. The summed E-state index contributed by atoms with van der Waals surface area (Å²) in [5.41, 5.74) is 0.00132. The molecule has 1 atom stereocenters. The third-order valence-corrected chi connectivity index (χ3v) is 3.43. The molecule has 0 fully saturated rings. The Morgan fingerprint density at radius 3 is 2.67 bits per heavy atom. The van der Waals surface area contributed by atoms with Gasteiger partial charge in [0.1, 0.15) is 0 Å². The van der Waals surface area contributed by atoms with Crippen LogP contribution in [0.25, 0.3) is 0 Å². The molecule has 1 aliphatic heterocycles. The predicted octanol–water partition coefficient (Wildman–Crippen LogP) is 0.975. The number of amides is 1. The topological polar surface area (TPSA) is 66.8 Å². The first kappa shape index (κ1) is 12.6. The monoisotopic (exact) mass is 249 g/mol. The minimum absolute atomic E-state index is 0.0323. The third kappa shape index (κ3) is 1.67. The first-order valence-corrected chi connectivity index (χ1v) is 5.64. The lowest BCUT2D eigenvalue weighted by molar-refractivity contribution is -0.165. The van der Waals surface area contributed by atoms with Gasteiger partial charge >= 0.3 is 5.97 Å². The molecule has 0 saturated heterocycles. The van der Waals surface area contributed by atoms with Crippen LogP contribution < -0.4 is 0 Å². The van der Waals surface area contributed by atoms with Crippen LogP contribution in [0.3, 0.4) is 0 Å². The van der Waals surface area contributed by atoms with Gasteiger partial charge in [-0.2, -0.15) is 0 Å². The number of carboxylic acids is 1. The minimum atomic E-state index is -1.43. The maximum atomic E-state index is 11.7. The van der Waals surface area contributed by atoms with Crippen LogP contribution >= 0.6 is 0 Å². The van der Waals surface area contributed by atoms with Crippen molar-refractivity contribution in [1.29, 1.82) is 0 Å². The predicted molar refractivity (Wildman–Crippen MR) is 63.9 cm³/mol. The Morgan fingerprint density at radius 2 is 2.06 bits per heavy atom. The van der Waals surface area contributed by atoms with Crippen LogP contribution in [0.15, 0.2) is 24.3 Å². The molecule has 0 saturated carbocycles. The largest absolute Gasteiger partial charge is 0.479 e. The molecule has 5 nitrogen and oxygen atoms in total. The van der Waals surface area contributed by atoms with Gasteiger partial charge in [0.2, 0.25) is 5.91 Å². The van der Waals surface area contributed by atoms with E-state index >= 15 is 0 Å². The molecular formula is C13H15NO4. The fraction of sp³-hybridized carbons (Fsp3) is 0.385. The minimum Gasteiger partial charge on any atom is -0.479 e. The number of aliphatic carboxylic acids is 1. The van der Waals surface area contributed by atoms with Crippen molar-refractivity contribution >= 4 is 11.9 Å². The van der Waals surface area contributed by atoms with Crippen molar-refractivity contribution < 1.29 is 19.4 Å². The van der Waals surface area contributed by atoms with E-state index in [4.69, 9.17) is 4.74 Å². The highest BCUT2D eigenvalue weighted by atomic mass is 16.5. The highest BCUT2D eigenvalue weighted by molar-refractivity contribution is 5.88. The van der Waals surface area contributed by atoms with Gasteiger partial charge < -0.3 is 14.7 Å². The summed E-state index contributed by atoms with van der Waals surface area (Å²) in [5.74, 6) is -1.38.